The second kappa shape index (κ2) is 42.8. The van der Waals surface area contributed by atoms with Crippen molar-refractivity contribution in [2.75, 3.05) is 40.9 Å². The SMILES string of the molecule is CCCCCCCCCCCCCCCCCCCCCCCC(=O)N[C@@H](COP(=O)(O)OCC[N+](C)(C)C)[C@H](O)CCCCCCCCCCCCCCCCCC. The van der Waals surface area contributed by atoms with E-state index in [-0.39, 0.29) is 19.1 Å². The summed E-state index contributed by atoms with van der Waals surface area (Å²) in [7, 11) is 1.63. The molecule has 3 atom stereocenters. The van der Waals surface area contributed by atoms with Crippen LogP contribution in [-0.2, 0) is 18.4 Å². The van der Waals surface area contributed by atoms with Gasteiger partial charge in [0.2, 0.25) is 5.91 Å². The number of carbonyl (C=O) groups is 1. The van der Waals surface area contributed by atoms with Crippen LogP contribution in [0.4, 0.5) is 0 Å². The molecule has 0 aliphatic heterocycles. The maximum atomic E-state index is 12.9. The van der Waals surface area contributed by atoms with Gasteiger partial charge in [0, 0.05) is 6.42 Å². The van der Waals surface area contributed by atoms with Crippen LogP contribution in [0.5, 0.6) is 0 Å². The molecule has 0 rings (SSSR count). The lowest BCUT2D eigenvalue weighted by Crippen LogP contribution is -2.46. The number of unbranched alkanes of at least 4 members (excludes halogenated alkanes) is 35. The Labute approximate surface area is 368 Å². The van der Waals surface area contributed by atoms with E-state index in [1.54, 1.807) is 0 Å². The molecule has 0 aliphatic carbocycles. The predicted octanol–water partition coefficient (Wildman–Crippen LogP) is 14.9. The van der Waals surface area contributed by atoms with Crippen LogP contribution in [-0.4, -0.2) is 73.4 Å². The molecule has 1 unspecified atom stereocenters. The zero-order valence-electron chi connectivity index (χ0n) is 40.3. The van der Waals surface area contributed by atoms with E-state index in [1.165, 1.54) is 199 Å². The van der Waals surface area contributed by atoms with Crippen molar-refractivity contribution in [3.05, 3.63) is 0 Å². The van der Waals surface area contributed by atoms with Gasteiger partial charge in [-0.05, 0) is 12.8 Å². The summed E-state index contributed by atoms with van der Waals surface area (Å²) in [5, 5.41) is 14.0. The predicted molar refractivity (Wildman–Crippen MR) is 254 cm³/mol. The van der Waals surface area contributed by atoms with Crippen molar-refractivity contribution in [2.45, 2.75) is 276 Å². The van der Waals surface area contributed by atoms with Crippen LogP contribution in [0.15, 0.2) is 0 Å². The van der Waals surface area contributed by atoms with Crippen LogP contribution in [0.2, 0.25) is 0 Å². The van der Waals surface area contributed by atoms with Gasteiger partial charge in [0.1, 0.15) is 13.2 Å². The van der Waals surface area contributed by atoms with E-state index in [2.05, 4.69) is 19.2 Å². The Morgan fingerprint density at radius 2 is 0.814 bits per heavy atom. The zero-order valence-corrected chi connectivity index (χ0v) is 41.2. The fourth-order valence-corrected chi connectivity index (χ4v) is 8.73. The molecule has 0 saturated carbocycles. The number of hydrogen-bond acceptors (Lipinski definition) is 5. The monoisotopic (exact) mass is 860 g/mol. The number of hydrogen-bond donors (Lipinski definition) is 3. The van der Waals surface area contributed by atoms with Crippen molar-refractivity contribution in [1.29, 1.82) is 0 Å². The molecule has 0 aromatic carbocycles. The molecule has 1 amide bonds. The highest BCUT2D eigenvalue weighted by molar-refractivity contribution is 7.47. The Kier molecular flexibility index (Phi) is 42.4. The zero-order chi connectivity index (χ0) is 43.6. The second-order valence-corrected chi connectivity index (χ2v) is 20.7. The fourth-order valence-electron chi connectivity index (χ4n) is 7.99. The van der Waals surface area contributed by atoms with E-state index < -0.39 is 20.0 Å². The molecule has 0 saturated heterocycles. The van der Waals surface area contributed by atoms with Crippen molar-refractivity contribution >= 4 is 13.7 Å². The molecular weight excluding hydrogens is 756 g/mol. The highest BCUT2D eigenvalue weighted by atomic mass is 31.2. The van der Waals surface area contributed by atoms with Gasteiger partial charge >= 0.3 is 7.82 Å². The Morgan fingerprint density at radius 3 is 1.14 bits per heavy atom. The molecule has 0 bridgehead atoms. The van der Waals surface area contributed by atoms with Gasteiger partial charge in [0.15, 0.2) is 0 Å². The third kappa shape index (κ3) is 45.3. The van der Waals surface area contributed by atoms with Crippen LogP contribution in [0.1, 0.15) is 264 Å². The third-order valence-electron chi connectivity index (χ3n) is 12.1. The van der Waals surface area contributed by atoms with Crippen molar-refractivity contribution in [1.82, 2.24) is 5.32 Å². The van der Waals surface area contributed by atoms with Gasteiger partial charge in [-0.1, -0.05) is 245 Å². The normalized spacial score (nSPS) is 14.1. The van der Waals surface area contributed by atoms with Gasteiger partial charge in [-0.25, -0.2) is 4.57 Å². The van der Waals surface area contributed by atoms with Gasteiger partial charge in [0.25, 0.3) is 0 Å². The average molecular weight is 860 g/mol. The molecule has 3 N–H and O–H groups in total. The van der Waals surface area contributed by atoms with Crippen molar-refractivity contribution in [3.63, 3.8) is 0 Å². The summed E-state index contributed by atoms with van der Waals surface area (Å²) in [6.07, 6.45) is 48.5. The number of likely N-dealkylation sites (N-methyl/N-ethyl adjacent to an activating group) is 1. The maximum Gasteiger partial charge on any atom is 0.472 e. The molecule has 0 spiro atoms. The standard InChI is InChI=1S/C50H103N2O6P/c1-6-8-10-12-14-16-18-20-22-24-25-26-27-28-30-32-34-36-38-40-42-44-50(54)51-48(47-58-59(55,56)57-46-45-52(3,4)5)49(53)43-41-39-37-35-33-31-29-23-21-19-17-15-13-11-9-7-2/h48-49,53H,6-47H2,1-5H3,(H-,51,54,55,56)/p+1/t48-,49+/m0/s1. The number of quaternary nitrogens is 1. The maximum absolute atomic E-state index is 12.9. The Balaban J connectivity index is 4.20. The van der Waals surface area contributed by atoms with Gasteiger partial charge < -0.3 is 19.8 Å². The van der Waals surface area contributed by atoms with Crippen molar-refractivity contribution in [3.8, 4) is 0 Å². The van der Waals surface area contributed by atoms with Gasteiger partial charge in [-0.15, -0.1) is 0 Å². The van der Waals surface area contributed by atoms with E-state index in [9.17, 15) is 19.4 Å². The summed E-state index contributed by atoms with van der Waals surface area (Å²) in [6, 6.07) is -0.754. The van der Waals surface area contributed by atoms with Crippen LogP contribution >= 0.6 is 7.82 Å². The molecule has 0 aromatic heterocycles. The molecule has 0 aromatic rings. The Morgan fingerprint density at radius 1 is 0.508 bits per heavy atom. The highest BCUT2D eigenvalue weighted by Gasteiger charge is 2.28. The second-order valence-electron chi connectivity index (χ2n) is 19.3. The van der Waals surface area contributed by atoms with Crippen LogP contribution < -0.4 is 5.32 Å². The largest absolute Gasteiger partial charge is 0.472 e. The van der Waals surface area contributed by atoms with Gasteiger partial charge in [-0.3, -0.25) is 13.8 Å². The van der Waals surface area contributed by atoms with Crippen molar-refractivity contribution < 1.29 is 32.9 Å². The highest BCUT2D eigenvalue weighted by Crippen LogP contribution is 2.43. The number of nitrogens with zero attached hydrogens (tertiary/aromatic N) is 1. The first-order chi connectivity index (χ1) is 28.5. The van der Waals surface area contributed by atoms with E-state index in [0.29, 0.717) is 23.9 Å². The number of phosphoric ester groups is 1. The molecule has 0 aliphatic rings. The average Bonchev–Trinajstić information content (AvgIpc) is 3.19. The Hall–Kier alpha value is -0.500. The quantitative estimate of drug-likeness (QED) is 0.0320. The molecule has 0 radical (unpaired) electrons. The molecule has 59 heavy (non-hydrogen) atoms. The number of aliphatic hydroxyl groups is 1. The number of aliphatic hydroxyl groups excluding tert-OH is 1. The lowest BCUT2D eigenvalue weighted by atomic mass is 10.0. The fraction of sp³-hybridized carbons (Fsp3) is 0.980. The topological polar surface area (TPSA) is 105 Å². The minimum Gasteiger partial charge on any atom is -0.391 e. The van der Waals surface area contributed by atoms with E-state index in [0.717, 1.165) is 38.5 Å². The lowest BCUT2D eigenvalue weighted by Gasteiger charge is -2.26. The van der Waals surface area contributed by atoms with Crippen molar-refractivity contribution in [2.24, 2.45) is 0 Å². The van der Waals surface area contributed by atoms with E-state index in [1.807, 2.05) is 21.1 Å². The number of carbonyl (C=O) groups excluding carboxylic acids is 1. The third-order valence-corrected chi connectivity index (χ3v) is 13.1. The Bertz CT molecular complexity index is 932. The van der Waals surface area contributed by atoms with Crippen LogP contribution in [0.25, 0.3) is 0 Å². The molecule has 0 heterocycles. The summed E-state index contributed by atoms with van der Waals surface area (Å²) in [5.41, 5.74) is 0. The minimum atomic E-state index is -4.31. The van der Waals surface area contributed by atoms with Crippen LogP contribution in [0, 0.1) is 0 Å². The first-order valence-electron chi connectivity index (χ1n) is 25.9. The molecule has 354 valence electrons. The molecule has 9 heteroatoms. The summed E-state index contributed by atoms with van der Waals surface area (Å²) in [5.74, 6) is -0.138. The minimum absolute atomic E-state index is 0.0789. The van der Waals surface area contributed by atoms with E-state index >= 15 is 0 Å². The summed E-state index contributed by atoms with van der Waals surface area (Å²) in [4.78, 5) is 23.2. The van der Waals surface area contributed by atoms with E-state index in [4.69, 9.17) is 9.05 Å². The van der Waals surface area contributed by atoms with Gasteiger partial charge in [-0.2, -0.15) is 0 Å². The first-order valence-corrected chi connectivity index (χ1v) is 27.4. The first kappa shape index (κ1) is 58.5. The summed E-state index contributed by atoms with van der Waals surface area (Å²) in [6.45, 7) is 4.93. The summed E-state index contributed by atoms with van der Waals surface area (Å²) >= 11 is 0. The molecule has 8 nitrogen and oxygen atoms in total. The van der Waals surface area contributed by atoms with Gasteiger partial charge in [0.05, 0.1) is 39.9 Å². The summed E-state index contributed by atoms with van der Waals surface area (Å²) < 4.78 is 23.7. The molecule has 0 fully saturated rings. The lowest BCUT2D eigenvalue weighted by molar-refractivity contribution is -0.870. The number of amides is 1. The van der Waals surface area contributed by atoms with Crippen LogP contribution in [0.3, 0.4) is 0 Å². The number of phosphoric acid groups is 1. The molecular formula is C50H104N2O6P+. The number of rotatable bonds is 48. The number of nitrogens with one attached hydrogen (secondary N) is 1. The smallest absolute Gasteiger partial charge is 0.391 e.